The van der Waals surface area contributed by atoms with Gasteiger partial charge in [-0.1, -0.05) is 30.3 Å². The fourth-order valence-corrected chi connectivity index (χ4v) is 3.59. The lowest BCUT2D eigenvalue weighted by Crippen LogP contribution is -2.43. The molecular weight excluding hydrogens is 410 g/mol. The molecule has 11 heteroatoms. The van der Waals surface area contributed by atoms with Gasteiger partial charge in [-0.3, -0.25) is 9.59 Å². The maximum Gasteiger partial charge on any atom is 0.291 e. The zero-order chi connectivity index (χ0) is 21.9. The molecule has 0 radical (unpaired) electrons. The second-order valence-corrected chi connectivity index (χ2v) is 7.53. The van der Waals surface area contributed by atoms with E-state index in [1.165, 1.54) is 6.33 Å². The van der Waals surface area contributed by atoms with Crippen LogP contribution in [0.1, 0.15) is 28.3 Å². The van der Waals surface area contributed by atoms with Gasteiger partial charge in [0.15, 0.2) is 0 Å². The van der Waals surface area contributed by atoms with Crippen molar-refractivity contribution in [2.75, 3.05) is 5.32 Å². The van der Waals surface area contributed by atoms with Crippen molar-refractivity contribution < 1.29 is 9.59 Å². The van der Waals surface area contributed by atoms with Crippen LogP contribution in [-0.4, -0.2) is 52.0 Å². The Kier molecular flexibility index (Phi) is 5.20. The minimum Gasteiger partial charge on any atom is -0.337 e. The van der Waals surface area contributed by atoms with Crippen LogP contribution in [0.3, 0.4) is 0 Å². The molecule has 0 bridgehead atoms. The van der Waals surface area contributed by atoms with Crippen molar-refractivity contribution in [3.05, 3.63) is 78.5 Å². The number of carbonyl (C=O) groups is 2. The van der Waals surface area contributed by atoms with Crippen molar-refractivity contribution >= 4 is 17.6 Å². The number of hydrogen-bond acceptors (Lipinski definition) is 6. The average Bonchev–Trinajstić information content (AvgIpc) is 3.53. The van der Waals surface area contributed by atoms with Gasteiger partial charge in [-0.2, -0.15) is 5.10 Å². The van der Waals surface area contributed by atoms with Gasteiger partial charge in [-0.15, -0.1) is 5.10 Å². The number of aromatic nitrogens is 7. The van der Waals surface area contributed by atoms with Crippen LogP contribution in [0.2, 0.25) is 0 Å². The van der Waals surface area contributed by atoms with Crippen molar-refractivity contribution in [2.24, 2.45) is 0 Å². The van der Waals surface area contributed by atoms with Crippen LogP contribution in [0.5, 0.6) is 0 Å². The van der Waals surface area contributed by atoms with E-state index in [9.17, 15) is 9.59 Å². The van der Waals surface area contributed by atoms with Crippen LogP contribution >= 0.6 is 0 Å². The summed E-state index contributed by atoms with van der Waals surface area (Å²) in [6.45, 7) is 1.56. The smallest absolute Gasteiger partial charge is 0.291 e. The molecule has 1 aromatic carbocycles. The molecule has 4 heterocycles. The number of nitrogens with one attached hydrogen (secondary N) is 2. The summed E-state index contributed by atoms with van der Waals surface area (Å²) in [5, 5.41) is 14.4. The van der Waals surface area contributed by atoms with Gasteiger partial charge in [0.25, 0.3) is 5.91 Å². The van der Waals surface area contributed by atoms with E-state index in [0.717, 1.165) is 11.3 Å². The van der Waals surface area contributed by atoms with E-state index in [-0.39, 0.29) is 11.7 Å². The van der Waals surface area contributed by atoms with Gasteiger partial charge >= 0.3 is 0 Å². The zero-order valence-corrected chi connectivity index (χ0v) is 17.1. The zero-order valence-electron chi connectivity index (χ0n) is 17.1. The van der Waals surface area contributed by atoms with E-state index in [1.807, 2.05) is 47.2 Å². The van der Waals surface area contributed by atoms with Crippen LogP contribution in [-0.2, 0) is 24.4 Å². The quantitative estimate of drug-likeness (QED) is 0.468. The molecule has 0 saturated heterocycles. The first-order valence-corrected chi connectivity index (χ1v) is 10.2. The van der Waals surface area contributed by atoms with Crippen molar-refractivity contribution in [1.82, 2.24) is 39.4 Å². The normalized spacial score (nSPS) is 15.6. The number of hydrogen-bond donors (Lipinski definition) is 2. The number of amides is 2. The monoisotopic (exact) mass is 431 g/mol. The van der Waals surface area contributed by atoms with Crippen LogP contribution in [0.25, 0.3) is 0 Å². The number of imidazole rings is 1. The summed E-state index contributed by atoms with van der Waals surface area (Å²) in [5.74, 6) is -0.155. The highest BCUT2D eigenvalue weighted by molar-refractivity contribution is 5.99. The Hall–Kier alpha value is -4.28. The summed E-state index contributed by atoms with van der Waals surface area (Å²) in [4.78, 5) is 33.4. The number of carbonyl (C=O) groups excluding carboxylic acids is 2. The lowest BCUT2D eigenvalue weighted by atomic mass is 10.2. The van der Waals surface area contributed by atoms with Gasteiger partial charge in [0.05, 0.1) is 25.1 Å². The SMILES string of the molecule is O=C(N[C@H]1CCn2nc(Cn3ccnc3)cc2NC1=O)c1ncn(Cc2ccccc2)n1. The molecule has 2 N–H and O–H groups in total. The largest absolute Gasteiger partial charge is 0.337 e. The molecule has 11 nitrogen and oxygen atoms in total. The van der Waals surface area contributed by atoms with Crippen molar-refractivity contribution in [3.63, 3.8) is 0 Å². The van der Waals surface area contributed by atoms with Gasteiger partial charge < -0.3 is 15.2 Å². The minimum absolute atomic E-state index is 0.0262. The van der Waals surface area contributed by atoms with Crippen LogP contribution in [0.4, 0.5) is 5.82 Å². The lowest BCUT2D eigenvalue weighted by molar-refractivity contribution is -0.118. The molecule has 0 spiro atoms. The van der Waals surface area contributed by atoms with Crippen molar-refractivity contribution in [1.29, 1.82) is 0 Å². The molecule has 0 unspecified atom stereocenters. The van der Waals surface area contributed by atoms with E-state index in [2.05, 4.69) is 30.8 Å². The summed E-state index contributed by atoms with van der Waals surface area (Å²) < 4.78 is 5.23. The van der Waals surface area contributed by atoms with Crippen LogP contribution in [0.15, 0.2) is 61.4 Å². The first kappa shape index (κ1) is 19.7. The molecule has 0 aliphatic carbocycles. The lowest BCUT2D eigenvalue weighted by Gasteiger charge is -2.13. The van der Waals surface area contributed by atoms with Crippen molar-refractivity contribution in [3.8, 4) is 0 Å². The third-order valence-electron chi connectivity index (χ3n) is 5.16. The van der Waals surface area contributed by atoms with Crippen LogP contribution in [0, 0.1) is 0 Å². The standard InChI is InChI=1S/C21H21N9O2/c31-20-17(6-8-30-18(25-20)10-16(26-30)12-28-9-7-22-13-28)24-21(32)19-23-14-29(27-19)11-15-4-2-1-3-5-15/h1-5,7,9-10,13-14,17H,6,8,11-12H2,(H,24,32)(H,25,31)/t17-/m0/s1. The van der Waals surface area contributed by atoms with E-state index < -0.39 is 11.9 Å². The summed E-state index contributed by atoms with van der Waals surface area (Å²) in [6.07, 6.45) is 7.18. The molecule has 3 aromatic heterocycles. The molecule has 1 aliphatic heterocycles. The number of benzene rings is 1. The molecule has 1 atom stereocenters. The topological polar surface area (TPSA) is 125 Å². The molecule has 0 saturated carbocycles. The predicted molar refractivity (Wildman–Crippen MR) is 114 cm³/mol. The van der Waals surface area contributed by atoms with Crippen LogP contribution < -0.4 is 10.6 Å². The van der Waals surface area contributed by atoms with E-state index in [1.54, 1.807) is 21.9 Å². The van der Waals surface area contributed by atoms with Gasteiger partial charge in [-0.25, -0.2) is 19.3 Å². The fourth-order valence-electron chi connectivity index (χ4n) is 3.59. The van der Waals surface area contributed by atoms with Gasteiger partial charge in [0.2, 0.25) is 11.7 Å². The second-order valence-electron chi connectivity index (χ2n) is 7.53. The Bertz CT molecular complexity index is 1230. The first-order chi connectivity index (χ1) is 15.6. The van der Waals surface area contributed by atoms with Gasteiger partial charge in [0.1, 0.15) is 18.2 Å². The van der Waals surface area contributed by atoms with Crippen molar-refractivity contribution in [2.45, 2.75) is 32.1 Å². The summed E-state index contributed by atoms with van der Waals surface area (Å²) in [6, 6.07) is 10.9. The highest BCUT2D eigenvalue weighted by atomic mass is 16.2. The first-order valence-electron chi connectivity index (χ1n) is 10.2. The highest BCUT2D eigenvalue weighted by Gasteiger charge is 2.27. The molecule has 2 amide bonds. The number of fused-ring (bicyclic) bond motifs is 1. The number of rotatable bonds is 6. The maximum absolute atomic E-state index is 12.7. The Morgan fingerprint density at radius 1 is 1.16 bits per heavy atom. The Morgan fingerprint density at radius 2 is 2.03 bits per heavy atom. The molecule has 5 rings (SSSR count). The Morgan fingerprint density at radius 3 is 2.84 bits per heavy atom. The molecular formula is C21H21N9O2. The van der Waals surface area contributed by atoms with E-state index in [0.29, 0.717) is 31.9 Å². The van der Waals surface area contributed by atoms with Gasteiger partial charge in [-0.05, 0) is 12.0 Å². The Labute approximate surface area is 183 Å². The van der Waals surface area contributed by atoms with Gasteiger partial charge in [0, 0.05) is 25.0 Å². The molecule has 4 aromatic rings. The summed E-state index contributed by atoms with van der Waals surface area (Å²) in [5.41, 5.74) is 1.86. The molecule has 162 valence electrons. The summed E-state index contributed by atoms with van der Waals surface area (Å²) in [7, 11) is 0. The molecule has 32 heavy (non-hydrogen) atoms. The maximum atomic E-state index is 12.7. The third kappa shape index (κ3) is 4.26. The Balaban J connectivity index is 1.21. The molecule has 1 aliphatic rings. The fraction of sp³-hybridized carbons (Fsp3) is 0.238. The number of nitrogens with zero attached hydrogens (tertiary/aromatic N) is 7. The molecule has 0 fully saturated rings. The second kappa shape index (κ2) is 8.46. The summed E-state index contributed by atoms with van der Waals surface area (Å²) >= 11 is 0. The number of anilines is 1. The minimum atomic E-state index is -0.706. The average molecular weight is 431 g/mol. The third-order valence-corrected chi connectivity index (χ3v) is 5.16. The van der Waals surface area contributed by atoms with E-state index >= 15 is 0 Å². The number of aryl methyl sites for hydroxylation is 1. The predicted octanol–water partition coefficient (Wildman–Crippen LogP) is 0.908. The van der Waals surface area contributed by atoms with E-state index in [4.69, 9.17) is 0 Å². The highest BCUT2D eigenvalue weighted by Crippen LogP contribution is 2.17.